The molecule has 2 amide bonds. The SMILES string of the molecule is CN1N=C(C(=O)NC(c2cccs2)C2CCCC2)CCC1=O. The minimum absolute atomic E-state index is 0.0397. The van der Waals surface area contributed by atoms with Crippen molar-refractivity contribution in [1.82, 2.24) is 10.3 Å². The topological polar surface area (TPSA) is 61.8 Å². The van der Waals surface area contributed by atoms with Crippen molar-refractivity contribution in [2.45, 2.75) is 44.6 Å². The third-order valence-electron chi connectivity index (χ3n) is 4.48. The summed E-state index contributed by atoms with van der Waals surface area (Å²) in [6.07, 6.45) is 5.58. The first-order valence-electron chi connectivity index (χ1n) is 7.83. The summed E-state index contributed by atoms with van der Waals surface area (Å²) in [6, 6.07) is 4.19. The molecule has 118 valence electrons. The fourth-order valence-electron chi connectivity index (χ4n) is 3.24. The lowest BCUT2D eigenvalue weighted by atomic mass is 9.96. The number of hydrogen-bond acceptors (Lipinski definition) is 4. The monoisotopic (exact) mass is 319 g/mol. The highest BCUT2D eigenvalue weighted by Crippen LogP contribution is 2.37. The number of carbonyl (C=O) groups excluding carboxylic acids is 2. The molecule has 1 atom stereocenters. The van der Waals surface area contributed by atoms with E-state index in [2.05, 4.69) is 16.5 Å². The Hall–Kier alpha value is -1.69. The third-order valence-corrected chi connectivity index (χ3v) is 5.43. The van der Waals surface area contributed by atoms with Crippen LogP contribution in [0.15, 0.2) is 22.6 Å². The predicted octanol–water partition coefficient (Wildman–Crippen LogP) is 2.70. The molecule has 22 heavy (non-hydrogen) atoms. The highest BCUT2D eigenvalue weighted by molar-refractivity contribution is 7.10. The van der Waals surface area contributed by atoms with E-state index < -0.39 is 0 Å². The molecular formula is C16H21N3O2S. The van der Waals surface area contributed by atoms with Crippen LogP contribution in [-0.4, -0.2) is 29.6 Å². The zero-order valence-electron chi connectivity index (χ0n) is 12.7. The average Bonchev–Trinajstić information content (AvgIpc) is 3.20. The van der Waals surface area contributed by atoms with Gasteiger partial charge < -0.3 is 5.32 Å². The van der Waals surface area contributed by atoms with Crippen LogP contribution in [0.3, 0.4) is 0 Å². The summed E-state index contributed by atoms with van der Waals surface area (Å²) in [5, 5.41) is 10.6. The van der Waals surface area contributed by atoms with Gasteiger partial charge in [-0.1, -0.05) is 18.9 Å². The number of carbonyl (C=O) groups is 2. The summed E-state index contributed by atoms with van der Waals surface area (Å²) in [7, 11) is 1.60. The molecule has 1 aromatic heterocycles. The number of hydrazone groups is 1. The van der Waals surface area contributed by atoms with E-state index in [1.54, 1.807) is 18.4 Å². The normalized spacial score (nSPS) is 20.9. The van der Waals surface area contributed by atoms with Gasteiger partial charge in [-0.2, -0.15) is 5.10 Å². The number of rotatable bonds is 4. The van der Waals surface area contributed by atoms with Crippen molar-refractivity contribution in [2.75, 3.05) is 7.05 Å². The number of hydrogen-bond donors (Lipinski definition) is 1. The van der Waals surface area contributed by atoms with E-state index in [9.17, 15) is 9.59 Å². The lowest BCUT2D eigenvalue weighted by molar-refractivity contribution is -0.130. The van der Waals surface area contributed by atoms with E-state index >= 15 is 0 Å². The van der Waals surface area contributed by atoms with Crippen LogP contribution in [-0.2, 0) is 9.59 Å². The van der Waals surface area contributed by atoms with Gasteiger partial charge in [0.2, 0.25) is 5.91 Å². The first-order chi connectivity index (χ1) is 10.6. The molecule has 1 aromatic rings. The number of nitrogens with one attached hydrogen (secondary N) is 1. The van der Waals surface area contributed by atoms with Gasteiger partial charge >= 0.3 is 0 Å². The average molecular weight is 319 g/mol. The maximum Gasteiger partial charge on any atom is 0.268 e. The lowest BCUT2D eigenvalue weighted by Crippen LogP contribution is -2.40. The Balaban J connectivity index is 1.74. The van der Waals surface area contributed by atoms with Crippen molar-refractivity contribution in [2.24, 2.45) is 11.0 Å². The smallest absolute Gasteiger partial charge is 0.268 e. The van der Waals surface area contributed by atoms with Gasteiger partial charge in [0.15, 0.2) is 0 Å². The van der Waals surface area contributed by atoms with Gasteiger partial charge in [0.25, 0.3) is 5.91 Å². The molecule has 0 radical (unpaired) electrons. The second kappa shape index (κ2) is 6.60. The summed E-state index contributed by atoms with van der Waals surface area (Å²) >= 11 is 1.69. The van der Waals surface area contributed by atoms with Crippen LogP contribution in [0.2, 0.25) is 0 Å². The largest absolute Gasteiger partial charge is 0.343 e. The molecule has 1 aliphatic heterocycles. The minimum atomic E-state index is -0.135. The molecule has 1 N–H and O–H groups in total. The Labute approximate surface area is 134 Å². The summed E-state index contributed by atoms with van der Waals surface area (Å²) in [5.74, 6) is 0.331. The van der Waals surface area contributed by atoms with Crippen LogP contribution in [0.4, 0.5) is 0 Å². The van der Waals surface area contributed by atoms with Crippen molar-refractivity contribution in [1.29, 1.82) is 0 Å². The highest BCUT2D eigenvalue weighted by Gasteiger charge is 2.30. The summed E-state index contributed by atoms with van der Waals surface area (Å²) in [4.78, 5) is 25.2. The van der Waals surface area contributed by atoms with Crippen LogP contribution >= 0.6 is 11.3 Å². The van der Waals surface area contributed by atoms with E-state index in [-0.39, 0.29) is 17.9 Å². The van der Waals surface area contributed by atoms with E-state index in [0.29, 0.717) is 24.5 Å². The highest BCUT2D eigenvalue weighted by atomic mass is 32.1. The van der Waals surface area contributed by atoms with Crippen molar-refractivity contribution in [3.8, 4) is 0 Å². The van der Waals surface area contributed by atoms with Gasteiger partial charge in [-0.15, -0.1) is 11.3 Å². The first-order valence-corrected chi connectivity index (χ1v) is 8.71. The molecule has 0 aromatic carbocycles. The maximum absolute atomic E-state index is 12.5. The van der Waals surface area contributed by atoms with Crippen LogP contribution in [0.5, 0.6) is 0 Å². The summed E-state index contributed by atoms with van der Waals surface area (Å²) < 4.78 is 0. The van der Waals surface area contributed by atoms with Crippen LogP contribution < -0.4 is 5.32 Å². The van der Waals surface area contributed by atoms with Gasteiger partial charge in [0.1, 0.15) is 5.71 Å². The second-order valence-corrected chi connectivity index (χ2v) is 6.95. The van der Waals surface area contributed by atoms with Crippen molar-refractivity contribution in [3.05, 3.63) is 22.4 Å². The molecule has 1 saturated carbocycles. The molecule has 5 nitrogen and oxygen atoms in total. The zero-order valence-corrected chi connectivity index (χ0v) is 13.6. The minimum Gasteiger partial charge on any atom is -0.343 e. The Bertz CT molecular complexity index is 576. The molecule has 1 aliphatic carbocycles. The molecule has 6 heteroatoms. The molecule has 2 aliphatic rings. The van der Waals surface area contributed by atoms with Crippen LogP contribution in [0, 0.1) is 5.92 Å². The van der Waals surface area contributed by atoms with Crippen molar-refractivity contribution in [3.63, 3.8) is 0 Å². The number of nitrogens with zero attached hydrogens (tertiary/aromatic N) is 2. The Kier molecular flexibility index (Phi) is 4.57. The van der Waals surface area contributed by atoms with Gasteiger partial charge in [0, 0.05) is 24.8 Å². The maximum atomic E-state index is 12.5. The molecule has 0 saturated heterocycles. The number of amides is 2. The second-order valence-electron chi connectivity index (χ2n) is 5.98. The molecule has 1 fully saturated rings. The number of thiophene rings is 1. The van der Waals surface area contributed by atoms with E-state index in [1.165, 1.54) is 22.7 Å². The van der Waals surface area contributed by atoms with Crippen molar-refractivity contribution >= 4 is 28.9 Å². The molecule has 2 heterocycles. The quantitative estimate of drug-likeness (QED) is 0.927. The fourth-order valence-corrected chi connectivity index (χ4v) is 4.11. The Morgan fingerprint density at radius 2 is 2.18 bits per heavy atom. The van der Waals surface area contributed by atoms with Crippen molar-refractivity contribution < 1.29 is 9.59 Å². The van der Waals surface area contributed by atoms with Gasteiger partial charge in [-0.25, -0.2) is 5.01 Å². The Morgan fingerprint density at radius 3 is 2.82 bits per heavy atom. The summed E-state index contributed by atoms with van der Waals surface area (Å²) in [5.41, 5.74) is 0.460. The molecule has 1 unspecified atom stereocenters. The van der Waals surface area contributed by atoms with E-state index in [1.807, 2.05) is 11.4 Å². The fraction of sp³-hybridized carbons (Fsp3) is 0.562. The molecule has 3 rings (SSSR count). The third kappa shape index (κ3) is 3.21. The zero-order chi connectivity index (χ0) is 15.5. The van der Waals surface area contributed by atoms with E-state index in [4.69, 9.17) is 0 Å². The molecule has 0 bridgehead atoms. The van der Waals surface area contributed by atoms with Gasteiger partial charge in [-0.05, 0) is 30.2 Å². The van der Waals surface area contributed by atoms with E-state index in [0.717, 1.165) is 12.8 Å². The lowest BCUT2D eigenvalue weighted by Gasteiger charge is -2.25. The Morgan fingerprint density at radius 1 is 1.41 bits per heavy atom. The summed E-state index contributed by atoms with van der Waals surface area (Å²) in [6.45, 7) is 0. The van der Waals surface area contributed by atoms with Crippen LogP contribution in [0.1, 0.15) is 49.4 Å². The molecular weight excluding hydrogens is 298 g/mol. The first kappa shape index (κ1) is 15.2. The van der Waals surface area contributed by atoms with Gasteiger partial charge in [-0.3, -0.25) is 9.59 Å². The van der Waals surface area contributed by atoms with Gasteiger partial charge in [0.05, 0.1) is 6.04 Å². The van der Waals surface area contributed by atoms with Crippen LogP contribution in [0.25, 0.3) is 0 Å². The molecule has 0 spiro atoms. The predicted molar refractivity (Wildman–Crippen MR) is 86.6 cm³/mol. The standard InChI is InChI=1S/C16H21N3O2S/c1-19-14(20)9-8-12(18-19)16(21)17-15(11-5-2-3-6-11)13-7-4-10-22-13/h4,7,10-11,15H,2-3,5-6,8-9H2,1H3,(H,17,21).